The van der Waals surface area contributed by atoms with E-state index >= 15 is 0 Å². The number of pyridine rings is 1. The topological polar surface area (TPSA) is 88.1 Å². The molecule has 3 rings (SSSR count). The Hall–Kier alpha value is -3.36. The molecule has 1 aliphatic rings. The molecule has 32 heavy (non-hydrogen) atoms. The molecule has 1 amide bonds. The summed E-state index contributed by atoms with van der Waals surface area (Å²) >= 11 is 0. The quantitative estimate of drug-likeness (QED) is 0.541. The molecule has 1 fully saturated rings. The highest BCUT2D eigenvalue weighted by atomic mass is 19.1. The molecule has 1 aromatic carbocycles. The van der Waals surface area contributed by atoms with Crippen LogP contribution in [0.3, 0.4) is 0 Å². The van der Waals surface area contributed by atoms with Gasteiger partial charge in [-0.1, -0.05) is 12.1 Å². The Morgan fingerprint density at radius 3 is 2.84 bits per heavy atom. The second kappa shape index (κ2) is 10.3. The van der Waals surface area contributed by atoms with Gasteiger partial charge < -0.3 is 25.0 Å². The lowest BCUT2D eigenvalue weighted by Gasteiger charge is -2.23. The number of nitrogens with zero attached hydrogens (tertiary/aromatic N) is 3. The fourth-order valence-corrected chi connectivity index (χ4v) is 3.34. The summed E-state index contributed by atoms with van der Waals surface area (Å²) in [6, 6.07) is 9.62. The number of guanidine groups is 1. The predicted molar refractivity (Wildman–Crippen MR) is 120 cm³/mol. The zero-order valence-electron chi connectivity index (χ0n) is 18.9. The highest BCUT2D eigenvalue weighted by Crippen LogP contribution is 2.23. The van der Waals surface area contributed by atoms with Gasteiger partial charge in [-0.05, 0) is 45.4 Å². The van der Waals surface area contributed by atoms with E-state index in [0.29, 0.717) is 30.7 Å². The van der Waals surface area contributed by atoms with Gasteiger partial charge >= 0.3 is 6.09 Å². The Bertz CT molecular complexity index is 961. The lowest BCUT2D eigenvalue weighted by atomic mass is 10.2. The second-order valence-electron chi connectivity index (χ2n) is 8.51. The van der Waals surface area contributed by atoms with Crippen molar-refractivity contribution in [3.05, 3.63) is 54.0 Å². The summed E-state index contributed by atoms with van der Waals surface area (Å²) in [7, 11) is 1.71. The number of hydrogen-bond donors (Lipinski definition) is 2. The molecule has 2 heterocycles. The molecule has 0 bridgehead atoms. The summed E-state index contributed by atoms with van der Waals surface area (Å²) in [4.78, 5) is 22.8. The van der Waals surface area contributed by atoms with E-state index in [2.05, 4.69) is 25.5 Å². The number of aliphatic imine (C=N–C) groups is 1. The van der Waals surface area contributed by atoms with Crippen molar-refractivity contribution < 1.29 is 18.7 Å². The van der Waals surface area contributed by atoms with E-state index in [-0.39, 0.29) is 11.9 Å². The average molecular weight is 444 g/mol. The number of nitrogens with one attached hydrogen (secondary N) is 2. The minimum Gasteiger partial charge on any atom is -0.444 e. The van der Waals surface area contributed by atoms with Crippen molar-refractivity contribution >= 4 is 12.1 Å². The molecular formula is C23H30FN5O3. The fourth-order valence-electron chi connectivity index (χ4n) is 3.34. The van der Waals surface area contributed by atoms with Gasteiger partial charge in [0.1, 0.15) is 17.2 Å². The average Bonchev–Trinajstić information content (AvgIpc) is 3.16. The Kier molecular flexibility index (Phi) is 7.50. The Balaban J connectivity index is 1.57. The maximum absolute atomic E-state index is 13.5. The smallest absolute Gasteiger partial charge is 0.407 e. The summed E-state index contributed by atoms with van der Waals surface area (Å²) < 4.78 is 24.6. The number of benzene rings is 1. The highest BCUT2D eigenvalue weighted by Gasteiger charge is 2.28. The molecule has 172 valence electrons. The number of ether oxygens (including phenoxy) is 2. The summed E-state index contributed by atoms with van der Waals surface area (Å²) in [6.45, 7) is 7.31. The van der Waals surface area contributed by atoms with Crippen LogP contribution in [0, 0.1) is 5.82 Å². The molecule has 1 unspecified atom stereocenters. The van der Waals surface area contributed by atoms with Crippen LogP contribution < -0.4 is 15.4 Å². The number of alkyl carbamates (subject to hydrolysis) is 1. The SMILES string of the molecule is CN=C(NCc1cccnc1Oc1cccc(F)c1)N1CCC(NC(=O)OC(C)(C)C)C1. The molecule has 0 radical (unpaired) electrons. The molecule has 1 aliphatic heterocycles. The third-order valence-corrected chi connectivity index (χ3v) is 4.72. The molecule has 0 saturated carbocycles. The van der Waals surface area contributed by atoms with E-state index in [4.69, 9.17) is 9.47 Å². The van der Waals surface area contributed by atoms with E-state index in [1.54, 1.807) is 25.4 Å². The van der Waals surface area contributed by atoms with Crippen molar-refractivity contribution in [2.24, 2.45) is 4.99 Å². The van der Waals surface area contributed by atoms with Crippen LogP contribution in [0.4, 0.5) is 9.18 Å². The maximum atomic E-state index is 13.5. The summed E-state index contributed by atoms with van der Waals surface area (Å²) in [5.74, 6) is 1.11. The fraction of sp³-hybridized carbons (Fsp3) is 0.435. The number of halogens is 1. The van der Waals surface area contributed by atoms with Gasteiger partial charge in [0.05, 0.1) is 6.04 Å². The van der Waals surface area contributed by atoms with Crippen LogP contribution in [0.1, 0.15) is 32.8 Å². The number of likely N-dealkylation sites (tertiary alicyclic amines) is 1. The van der Waals surface area contributed by atoms with Gasteiger partial charge in [0.15, 0.2) is 5.96 Å². The predicted octanol–water partition coefficient (Wildman–Crippen LogP) is 3.69. The van der Waals surface area contributed by atoms with Crippen LogP contribution >= 0.6 is 0 Å². The number of carbonyl (C=O) groups is 1. The van der Waals surface area contributed by atoms with Crippen molar-refractivity contribution in [1.29, 1.82) is 0 Å². The number of carbonyl (C=O) groups excluding carboxylic acids is 1. The van der Waals surface area contributed by atoms with Gasteiger partial charge in [0.25, 0.3) is 0 Å². The number of rotatable bonds is 5. The third kappa shape index (κ3) is 6.83. The Morgan fingerprint density at radius 1 is 1.31 bits per heavy atom. The molecule has 2 aromatic rings. The minimum absolute atomic E-state index is 0.0198. The van der Waals surface area contributed by atoms with Crippen molar-refractivity contribution in [2.75, 3.05) is 20.1 Å². The van der Waals surface area contributed by atoms with Gasteiger partial charge in [-0.25, -0.2) is 14.2 Å². The third-order valence-electron chi connectivity index (χ3n) is 4.72. The first-order valence-electron chi connectivity index (χ1n) is 10.6. The lowest BCUT2D eigenvalue weighted by Crippen LogP contribution is -2.44. The zero-order chi connectivity index (χ0) is 23.1. The molecule has 9 heteroatoms. The summed E-state index contributed by atoms with van der Waals surface area (Å²) in [5.41, 5.74) is 0.273. The number of hydrogen-bond acceptors (Lipinski definition) is 5. The lowest BCUT2D eigenvalue weighted by molar-refractivity contribution is 0.0507. The van der Waals surface area contributed by atoms with Crippen LogP contribution in [0.15, 0.2) is 47.6 Å². The standard InChI is InChI=1S/C23H30FN5O3/c1-23(2,3)32-22(30)28-18-10-12-29(15-18)21(25-4)27-14-16-7-6-11-26-20(16)31-19-9-5-8-17(24)13-19/h5-9,11,13,18H,10,12,14-15H2,1-4H3,(H,25,27)(H,28,30). The molecule has 0 spiro atoms. The molecular weight excluding hydrogens is 413 g/mol. The second-order valence-corrected chi connectivity index (χ2v) is 8.51. The van der Waals surface area contributed by atoms with E-state index in [9.17, 15) is 9.18 Å². The van der Waals surface area contributed by atoms with Crippen LogP contribution in [0.25, 0.3) is 0 Å². The number of amides is 1. The van der Waals surface area contributed by atoms with E-state index in [1.165, 1.54) is 12.1 Å². The molecule has 8 nitrogen and oxygen atoms in total. The maximum Gasteiger partial charge on any atom is 0.407 e. The first-order chi connectivity index (χ1) is 15.2. The summed E-state index contributed by atoms with van der Waals surface area (Å²) in [6.07, 6.45) is 2.00. The van der Waals surface area contributed by atoms with Crippen LogP contribution in [-0.4, -0.2) is 53.7 Å². The first-order valence-corrected chi connectivity index (χ1v) is 10.6. The molecule has 1 saturated heterocycles. The molecule has 1 aromatic heterocycles. The Morgan fingerprint density at radius 2 is 2.12 bits per heavy atom. The minimum atomic E-state index is -0.533. The van der Waals surface area contributed by atoms with Crippen molar-refractivity contribution in [3.8, 4) is 11.6 Å². The van der Waals surface area contributed by atoms with Crippen molar-refractivity contribution in [1.82, 2.24) is 20.5 Å². The van der Waals surface area contributed by atoms with Crippen LogP contribution in [0.2, 0.25) is 0 Å². The van der Waals surface area contributed by atoms with Gasteiger partial charge in [-0.3, -0.25) is 4.99 Å². The largest absolute Gasteiger partial charge is 0.444 e. The highest BCUT2D eigenvalue weighted by molar-refractivity contribution is 5.80. The van der Waals surface area contributed by atoms with Gasteiger partial charge in [-0.2, -0.15) is 0 Å². The number of aromatic nitrogens is 1. The van der Waals surface area contributed by atoms with Crippen molar-refractivity contribution in [3.63, 3.8) is 0 Å². The van der Waals surface area contributed by atoms with E-state index < -0.39 is 11.7 Å². The molecule has 2 N–H and O–H groups in total. The van der Waals surface area contributed by atoms with Gasteiger partial charge in [0, 0.05) is 44.5 Å². The van der Waals surface area contributed by atoms with Crippen molar-refractivity contribution in [2.45, 2.75) is 45.4 Å². The van der Waals surface area contributed by atoms with E-state index in [0.717, 1.165) is 18.5 Å². The van der Waals surface area contributed by atoms with E-state index in [1.807, 2.05) is 32.9 Å². The first kappa shape index (κ1) is 23.3. The van der Waals surface area contributed by atoms with Gasteiger partial charge in [0.2, 0.25) is 5.88 Å². The van der Waals surface area contributed by atoms with Crippen LogP contribution in [0.5, 0.6) is 11.6 Å². The normalized spacial score (nSPS) is 16.6. The molecule has 0 aliphatic carbocycles. The monoisotopic (exact) mass is 443 g/mol. The zero-order valence-corrected chi connectivity index (χ0v) is 18.9. The Labute approximate surface area is 187 Å². The van der Waals surface area contributed by atoms with Gasteiger partial charge in [-0.15, -0.1) is 0 Å². The molecule has 1 atom stereocenters. The summed E-state index contributed by atoms with van der Waals surface area (Å²) in [5, 5.41) is 6.23. The van der Waals surface area contributed by atoms with Crippen LogP contribution in [-0.2, 0) is 11.3 Å².